The fourth-order valence-corrected chi connectivity index (χ4v) is 1.06. The molecular formula is C11H10FNO5. The molecule has 0 aliphatic carbocycles. The van der Waals surface area contributed by atoms with E-state index in [1.54, 1.807) is 23.5 Å². The highest BCUT2D eigenvalue weighted by molar-refractivity contribution is 5.97. The van der Waals surface area contributed by atoms with E-state index in [-0.39, 0.29) is 5.56 Å². The molecule has 1 rings (SSSR count). The van der Waals surface area contributed by atoms with Crippen LogP contribution in [0.25, 0.3) is 0 Å². The summed E-state index contributed by atoms with van der Waals surface area (Å²) in [5.41, 5.74) is 0.125. The lowest BCUT2D eigenvalue weighted by atomic mass is 10.2. The van der Waals surface area contributed by atoms with Gasteiger partial charge in [-0.05, 0) is 12.1 Å². The van der Waals surface area contributed by atoms with Crippen molar-refractivity contribution in [3.63, 3.8) is 0 Å². The summed E-state index contributed by atoms with van der Waals surface area (Å²) in [5.74, 6) is -2.50. The van der Waals surface area contributed by atoms with Gasteiger partial charge in [-0.15, -0.1) is 0 Å². The van der Waals surface area contributed by atoms with Crippen LogP contribution in [0.15, 0.2) is 30.3 Å². The molecule has 0 spiro atoms. The lowest BCUT2D eigenvalue weighted by Gasteiger charge is -2.09. The van der Waals surface area contributed by atoms with Gasteiger partial charge >= 0.3 is 18.0 Å². The van der Waals surface area contributed by atoms with Crippen LogP contribution >= 0.6 is 0 Å². The molecular weight excluding hydrogens is 245 g/mol. The number of carboxylic acids is 1. The van der Waals surface area contributed by atoms with Crippen molar-refractivity contribution in [1.29, 1.82) is 0 Å². The van der Waals surface area contributed by atoms with Crippen LogP contribution < -0.4 is 5.32 Å². The molecule has 1 aromatic rings. The van der Waals surface area contributed by atoms with Crippen LogP contribution in [-0.4, -0.2) is 35.9 Å². The first-order valence-electron chi connectivity index (χ1n) is 4.91. The summed E-state index contributed by atoms with van der Waals surface area (Å²) in [6, 6.07) is 5.90. The monoisotopic (exact) mass is 255 g/mol. The van der Waals surface area contributed by atoms with Gasteiger partial charge in [0.2, 0.25) is 0 Å². The molecule has 1 aromatic carbocycles. The van der Waals surface area contributed by atoms with Gasteiger partial charge in [0.15, 0.2) is 6.04 Å². The van der Waals surface area contributed by atoms with Crippen molar-refractivity contribution in [2.75, 3.05) is 6.67 Å². The van der Waals surface area contributed by atoms with E-state index in [2.05, 4.69) is 4.74 Å². The normalized spacial score (nSPS) is 11.4. The molecule has 1 amide bonds. The smallest absolute Gasteiger partial charge is 0.415 e. The molecule has 7 heteroatoms. The molecule has 0 saturated carbocycles. The van der Waals surface area contributed by atoms with E-state index in [9.17, 15) is 18.8 Å². The van der Waals surface area contributed by atoms with Crippen LogP contribution in [0.3, 0.4) is 0 Å². The van der Waals surface area contributed by atoms with Crippen molar-refractivity contribution in [2.24, 2.45) is 0 Å². The summed E-state index contributed by atoms with van der Waals surface area (Å²) in [4.78, 5) is 32.9. The minimum atomic E-state index is -1.74. The average molecular weight is 255 g/mol. The Morgan fingerprint density at radius 3 is 2.39 bits per heavy atom. The van der Waals surface area contributed by atoms with Gasteiger partial charge in [-0.25, -0.2) is 18.8 Å². The molecule has 0 radical (unpaired) electrons. The Hall–Kier alpha value is -2.44. The Kier molecular flexibility index (Phi) is 4.79. The second-order valence-corrected chi connectivity index (χ2v) is 3.23. The van der Waals surface area contributed by atoms with E-state index < -0.39 is 30.7 Å². The van der Waals surface area contributed by atoms with Crippen molar-refractivity contribution in [3.8, 4) is 0 Å². The highest BCUT2D eigenvalue weighted by atomic mass is 19.1. The SMILES string of the molecule is O=C(N[C@H](CF)C(=O)O)OC(=O)c1ccccc1. The number of hydrogen-bond acceptors (Lipinski definition) is 4. The van der Waals surface area contributed by atoms with Crippen LogP contribution in [0, 0.1) is 0 Å². The summed E-state index contributed by atoms with van der Waals surface area (Å²) in [6.45, 7) is -1.30. The van der Waals surface area contributed by atoms with E-state index in [1.165, 1.54) is 12.1 Å². The number of benzene rings is 1. The number of nitrogens with one attached hydrogen (secondary N) is 1. The summed E-state index contributed by atoms with van der Waals surface area (Å²) >= 11 is 0. The van der Waals surface area contributed by atoms with Gasteiger partial charge in [-0.1, -0.05) is 18.2 Å². The van der Waals surface area contributed by atoms with Gasteiger partial charge in [-0.2, -0.15) is 0 Å². The zero-order chi connectivity index (χ0) is 13.5. The first-order valence-corrected chi connectivity index (χ1v) is 4.91. The number of carboxylic acid groups (broad SMARTS) is 1. The molecule has 0 bridgehead atoms. The lowest BCUT2D eigenvalue weighted by molar-refractivity contribution is -0.139. The predicted molar refractivity (Wildman–Crippen MR) is 57.8 cm³/mol. The summed E-state index contributed by atoms with van der Waals surface area (Å²) < 4.78 is 16.5. The number of alkyl carbamates (subject to hydrolysis) is 1. The van der Waals surface area contributed by atoms with Gasteiger partial charge in [0.05, 0.1) is 5.56 Å². The molecule has 6 nitrogen and oxygen atoms in total. The minimum absolute atomic E-state index is 0.125. The number of alkyl halides is 1. The topological polar surface area (TPSA) is 92.7 Å². The van der Waals surface area contributed by atoms with Gasteiger partial charge in [0, 0.05) is 0 Å². The number of carbonyl (C=O) groups excluding carboxylic acids is 2. The maximum atomic E-state index is 12.2. The van der Waals surface area contributed by atoms with Crippen molar-refractivity contribution in [1.82, 2.24) is 5.32 Å². The van der Waals surface area contributed by atoms with E-state index in [0.29, 0.717) is 0 Å². The lowest BCUT2D eigenvalue weighted by Crippen LogP contribution is -2.43. The largest absolute Gasteiger partial charge is 0.480 e. The molecule has 0 unspecified atom stereocenters. The first-order chi connectivity index (χ1) is 8.54. The second-order valence-electron chi connectivity index (χ2n) is 3.23. The third-order valence-electron chi connectivity index (χ3n) is 1.94. The molecule has 2 N–H and O–H groups in total. The molecule has 0 heterocycles. The van der Waals surface area contributed by atoms with Gasteiger partial charge in [0.25, 0.3) is 0 Å². The molecule has 18 heavy (non-hydrogen) atoms. The maximum absolute atomic E-state index is 12.2. The number of halogens is 1. The van der Waals surface area contributed by atoms with Crippen molar-refractivity contribution < 1.29 is 28.6 Å². The van der Waals surface area contributed by atoms with Gasteiger partial charge < -0.3 is 15.2 Å². The van der Waals surface area contributed by atoms with Crippen molar-refractivity contribution in [3.05, 3.63) is 35.9 Å². The Morgan fingerprint density at radius 1 is 1.28 bits per heavy atom. The van der Waals surface area contributed by atoms with E-state index in [0.717, 1.165) is 0 Å². The Morgan fingerprint density at radius 2 is 1.89 bits per heavy atom. The van der Waals surface area contributed by atoms with Crippen LogP contribution in [0.4, 0.5) is 9.18 Å². The quantitative estimate of drug-likeness (QED) is 0.617. The molecule has 0 aliphatic rings. The number of aliphatic carboxylic acids is 1. The predicted octanol–water partition coefficient (Wildman–Crippen LogP) is 0.976. The number of carbonyl (C=O) groups is 3. The maximum Gasteiger partial charge on any atom is 0.415 e. The van der Waals surface area contributed by atoms with Crippen molar-refractivity contribution in [2.45, 2.75) is 6.04 Å². The molecule has 0 aromatic heterocycles. The zero-order valence-electron chi connectivity index (χ0n) is 9.13. The van der Waals surface area contributed by atoms with Crippen molar-refractivity contribution >= 4 is 18.0 Å². The first kappa shape index (κ1) is 13.6. The van der Waals surface area contributed by atoms with E-state index >= 15 is 0 Å². The fourth-order valence-electron chi connectivity index (χ4n) is 1.06. The minimum Gasteiger partial charge on any atom is -0.480 e. The van der Waals surface area contributed by atoms with Crippen LogP contribution in [0.2, 0.25) is 0 Å². The number of hydrogen-bond donors (Lipinski definition) is 2. The standard InChI is InChI=1S/C11H10FNO5/c12-6-8(9(14)15)13-11(17)18-10(16)7-4-2-1-3-5-7/h1-5,8H,6H2,(H,13,17)(H,14,15)/t8-/m1/s1. The van der Waals surface area contributed by atoms with Crippen LogP contribution in [0.1, 0.15) is 10.4 Å². The van der Waals surface area contributed by atoms with E-state index in [1.807, 2.05) is 0 Å². The third-order valence-corrected chi connectivity index (χ3v) is 1.94. The molecule has 96 valence electrons. The summed E-state index contributed by atoms with van der Waals surface area (Å²) in [5, 5.41) is 10.2. The molecule has 0 saturated heterocycles. The third kappa shape index (κ3) is 3.85. The second kappa shape index (κ2) is 6.33. The number of amides is 1. The molecule has 0 fully saturated rings. The molecule has 0 aliphatic heterocycles. The number of ether oxygens (including phenoxy) is 1. The highest BCUT2D eigenvalue weighted by Gasteiger charge is 2.22. The summed E-state index contributed by atoms with van der Waals surface area (Å²) in [6.07, 6.45) is -1.31. The van der Waals surface area contributed by atoms with Gasteiger partial charge in [0.1, 0.15) is 6.67 Å². The van der Waals surface area contributed by atoms with Crippen LogP contribution in [0.5, 0.6) is 0 Å². The summed E-state index contributed by atoms with van der Waals surface area (Å²) in [7, 11) is 0. The highest BCUT2D eigenvalue weighted by Crippen LogP contribution is 2.01. The van der Waals surface area contributed by atoms with Gasteiger partial charge in [-0.3, -0.25) is 0 Å². The number of rotatable bonds is 4. The Balaban J connectivity index is 2.55. The van der Waals surface area contributed by atoms with Crippen LogP contribution in [-0.2, 0) is 9.53 Å². The fraction of sp³-hybridized carbons (Fsp3) is 0.182. The Bertz CT molecular complexity index is 448. The van der Waals surface area contributed by atoms with E-state index in [4.69, 9.17) is 5.11 Å². The average Bonchev–Trinajstić information content (AvgIpc) is 2.36. The Labute approximate surface area is 101 Å². The molecule has 1 atom stereocenters. The number of esters is 1. The zero-order valence-corrected chi connectivity index (χ0v) is 9.13.